The van der Waals surface area contributed by atoms with Crippen LogP contribution in [0.5, 0.6) is 0 Å². The average molecular weight is 160 g/mol. The molecule has 0 saturated carbocycles. The maximum Gasteiger partial charge on any atom is 0.305 e. The van der Waals surface area contributed by atoms with E-state index in [1.807, 2.05) is 13.8 Å². The van der Waals surface area contributed by atoms with Gasteiger partial charge in [0.25, 0.3) is 0 Å². The monoisotopic (exact) mass is 160 g/mol. The molecule has 11 heavy (non-hydrogen) atoms. The summed E-state index contributed by atoms with van der Waals surface area (Å²) in [6.07, 6.45) is -0.0814. The predicted molar refractivity (Wildman–Crippen MR) is 42.5 cm³/mol. The van der Waals surface area contributed by atoms with Crippen LogP contribution in [0, 0.1) is 5.92 Å². The van der Waals surface area contributed by atoms with Crippen LogP contribution in [0.1, 0.15) is 27.2 Å². The zero-order valence-electron chi connectivity index (χ0n) is 7.33. The Balaban J connectivity index is 3.37. The van der Waals surface area contributed by atoms with Crippen LogP contribution >= 0.6 is 0 Å². The van der Waals surface area contributed by atoms with Crippen molar-refractivity contribution < 1.29 is 14.6 Å². The number of carboxylic acid groups (broad SMARTS) is 1. The van der Waals surface area contributed by atoms with Gasteiger partial charge in [0.2, 0.25) is 0 Å². The van der Waals surface area contributed by atoms with Crippen molar-refractivity contribution in [1.82, 2.24) is 0 Å². The first-order valence-corrected chi connectivity index (χ1v) is 3.85. The lowest BCUT2D eigenvalue weighted by molar-refractivity contribution is -0.140. The molecule has 0 radical (unpaired) electrons. The minimum Gasteiger partial charge on any atom is -0.481 e. The molecule has 0 aromatic rings. The number of hydrogen-bond donors (Lipinski definition) is 1. The molecule has 66 valence electrons. The Morgan fingerprint density at radius 3 is 2.36 bits per heavy atom. The summed E-state index contributed by atoms with van der Waals surface area (Å²) in [5.74, 6) is -0.340. The van der Waals surface area contributed by atoms with Crippen LogP contribution in [-0.2, 0) is 9.53 Å². The zero-order valence-corrected chi connectivity index (χ0v) is 7.33. The van der Waals surface area contributed by atoms with E-state index in [0.717, 1.165) is 0 Å². The first-order chi connectivity index (χ1) is 5.02. The van der Waals surface area contributed by atoms with Gasteiger partial charge in [0.15, 0.2) is 0 Å². The van der Waals surface area contributed by atoms with Crippen molar-refractivity contribution in [1.29, 1.82) is 0 Å². The van der Waals surface area contributed by atoms with Crippen LogP contribution in [0.2, 0.25) is 0 Å². The van der Waals surface area contributed by atoms with E-state index in [4.69, 9.17) is 9.84 Å². The van der Waals surface area contributed by atoms with E-state index in [1.54, 1.807) is 6.92 Å². The number of aliphatic carboxylic acids is 1. The molecule has 3 heteroatoms. The number of carboxylic acids is 1. The molecule has 0 fully saturated rings. The summed E-state index contributed by atoms with van der Waals surface area (Å²) in [4.78, 5) is 10.2. The Labute approximate surface area is 67.4 Å². The van der Waals surface area contributed by atoms with Crippen LogP contribution in [0.4, 0.5) is 0 Å². The number of ether oxygens (including phenoxy) is 1. The normalized spacial score (nSPS) is 13.5. The fourth-order valence-electron chi connectivity index (χ4n) is 0.662. The molecule has 0 aromatic heterocycles. The molecule has 0 amide bonds. The van der Waals surface area contributed by atoms with E-state index < -0.39 is 5.97 Å². The Morgan fingerprint density at radius 1 is 1.45 bits per heavy atom. The summed E-state index contributed by atoms with van der Waals surface area (Å²) < 4.78 is 5.23. The van der Waals surface area contributed by atoms with E-state index in [1.165, 1.54) is 0 Å². The smallest absolute Gasteiger partial charge is 0.305 e. The molecule has 1 N–H and O–H groups in total. The Hall–Kier alpha value is -0.570. The fraction of sp³-hybridized carbons (Fsp3) is 0.875. The van der Waals surface area contributed by atoms with Crippen molar-refractivity contribution in [2.45, 2.75) is 33.3 Å². The van der Waals surface area contributed by atoms with Crippen molar-refractivity contribution in [2.75, 3.05) is 6.61 Å². The second kappa shape index (κ2) is 5.13. The van der Waals surface area contributed by atoms with E-state index in [0.29, 0.717) is 12.5 Å². The predicted octanol–water partition coefficient (Wildman–Crippen LogP) is 1.52. The molecule has 0 rings (SSSR count). The zero-order chi connectivity index (χ0) is 8.85. The summed E-state index contributed by atoms with van der Waals surface area (Å²) in [7, 11) is 0. The lowest BCUT2D eigenvalue weighted by atomic mass is 10.2. The van der Waals surface area contributed by atoms with Crippen LogP contribution in [0.15, 0.2) is 0 Å². The molecule has 1 atom stereocenters. The molecule has 0 heterocycles. The highest BCUT2D eigenvalue weighted by Crippen LogP contribution is 2.01. The van der Waals surface area contributed by atoms with Gasteiger partial charge in [-0.1, -0.05) is 13.8 Å². The SMILES string of the molecule is CC(C)CO[C@@H](C)CC(=O)O. The van der Waals surface area contributed by atoms with Crippen LogP contribution in [-0.4, -0.2) is 23.8 Å². The van der Waals surface area contributed by atoms with Gasteiger partial charge in [-0.3, -0.25) is 4.79 Å². The quantitative estimate of drug-likeness (QED) is 0.663. The highest BCUT2D eigenvalue weighted by molar-refractivity contribution is 5.67. The topological polar surface area (TPSA) is 46.5 Å². The molecule has 0 aliphatic heterocycles. The maximum atomic E-state index is 10.2. The first kappa shape index (κ1) is 10.4. The Morgan fingerprint density at radius 2 is 2.00 bits per heavy atom. The lowest BCUT2D eigenvalue weighted by Gasteiger charge is -2.11. The van der Waals surface area contributed by atoms with Gasteiger partial charge in [0.05, 0.1) is 12.5 Å². The van der Waals surface area contributed by atoms with Crippen molar-refractivity contribution >= 4 is 5.97 Å². The second-order valence-electron chi connectivity index (χ2n) is 3.14. The average Bonchev–Trinajstić information content (AvgIpc) is 1.82. The van der Waals surface area contributed by atoms with Gasteiger partial charge in [-0.15, -0.1) is 0 Å². The summed E-state index contributed by atoms with van der Waals surface area (Å²) in [6.45, 7) is 6.48. The molecule has 0 aliphatic carbocycles. The summed E-state index contributed by atoms with van der Waals surface area (Å²) >= 11 is 0. The van der Waals surface area contributed by atoms with Crippen molar-refractivity contribution in [3.8, 4) is 0 Å². The van der Waals surface area contributed by atoms with Crippen molar-refractivity contribution in [2.24, 2.45) is 5.92 Å². The van der Waals surface area contributed by atoms with Gasteiger partial charge < -0.3 is 9.84 Å². The largest absolute Gasteiger partial charge is 0.481 e. The molecular formula is C8H16O3. The van der Waals surface area contributed by atoms with E-state index >= 15 is 0 Å². The highest BCUT2D eigenvalue weighted by Gasteiger charge is 2.07. The summed E-state index contributed by atoms with van der Waals surface area (Å²) in [5, 5.41) is 8.37. The first-order valence-electron chi connectivity index (χ1n) is 3.85. The van der Waals surface area contributed by atoms with Crippen LogP contribution in [0.25, 0.3) is 0 Å². The molecule has 0 saturated heterocycles. The van der Waals surface area contributed by atoms with Crippen LogP contribution in [0.3, 0.4) is 0 Å². The third-order valence-corrected chi connectivity index (χ3v) is 1.18. The minimum atomic E-state index is -0.804. The van der Waals surface area contributed by atoms with E-state index in [9.17, 15) is 4.79 Å². The second-order valence-corrected chi connectivity index (χ2v) is 3.14. The van der Waals surface area contributed by atoms with Crippen molar-refractivity contribution in [3.05, 3.63) is 0 Å². The van der Waals surface area contributed by atoms with Gasteiger partial charge in [0.1, 0.15) is 0 Å². The third kappa shape index (κ3) is 7.33. The van der Waals surface area contributed by atoms with E-state index in [-0.39, 0.29) is 12.5 Å². The number of carbonyl (C=O) groups is 1. The summed E-state index contributed by atoms with van der Waals surface area (Å²) in [5.41, 5.74) is 0. The summed E-state index contributed by atoms with van der Waals surface area (Å²) in [6, 6.07) is 0. The Kier molecular flexibility index (Phi) is 4.86. The highest BCUT2D eigenvalue weighted by atomic mass is 16.5. The van der Waals surface area contributed by atoms with Crippen molar-refractivity contribution in [3.63, 3.8) is 0 Å². The molecule has 0 aromatic carbocycles. The molecule has 0 spiro atoms. The molecule has 0 aliphatic rings. The molecule has 0 unspecified atom stereocenters. The lowest BCUT2D eigenvalue weighted by Crippen LogP contribution is -2.16. The third-order valence-electron chi connectivity index (χ3n) is 1.18. The molecule has 3 nitrogen and oxygen atoms in total. The molecule has 0 bridgehead atoms. The van der Waals surface area contributed by atoms with E-state index in [2.05, 4.69) is 0 Å². The van der Waals surface area contributed by atoms with Crippen LogP contribution < -0.4 is 0 Å². The van der Waals surface area contributed by atoms with Gasteiger partial charge in [0, 0.05) is 6.61 Å². The fourth-order valence-corrected chi connectivity index (χ4v) is 0.662. The number of hydrogen-bond acceptors (Lipinski definition) is 2. The number of rotatable bonds is 5. The minimum absolute atomic E-state index is 0.0900. The molecular weight excluding hydrogens is 144 g/mol. The standard InChI is InChI=1S/C8H16O3/c1-6(2)5-11-7(3)4-8(9)10/h6-7H,4-5H2,1-3H3,(H,9,10)/t7-/m0/s1. The van der Waals surface area contributed by atoms with Gasteiger partial charge in [-0.25, -0.2) is 0 Å². The van der Waals surface area contributed by atoms with Gasteiger partial charge in [-0.05, 0) is 12.8 Å². The van der Waals surface area contributed by atoms with Gasteiger partial charge >= 0.3 is 5.97 Å². The van der Waals surface area contributed by atoms with Gasteiger partial charge in [-0.2, -0.15) is 0 Å². The maximum absolute atomic E-state index is 10.2. The Bertz CT molecular complexity index is 121.